The molecule has 1 fully saturated rings. The van der Waals surface area contributed by atoms with E-state index in [1.807, 2.05) is 0 Å². The predicted octanol–water partition coefficient (Wildman–Crippen LogP) is 1.14. The maximum absolute atomic E-state index is 12.0. The number of nitrogens with one attached hydrogen (secondary N) is 1. The normalized spacial score (nSPS) is 19.2. The monoisotopic (exact) mass is 332 g/mol. The molecule has 1 heterocycles. The molecule has 0 bridgehead atoms. The molecule has 0 aliphatic carbocycles. The minimum atomic E-state index is -3.89. The van der Waals surface area contributed by atoms with Crippen LogP contribution in [0.5, 0.6) is 0 Å². The van der Waals surface area contributed by atoms with E-state index in [1.165, 1.54) is 18.2 Å². The van der Waals surface area contributed by atoms with Crippen LogP contribution in [-0.4, -0.2) is 34.1 Å². The molecule has 1 atom stereocenters. The lowest BCUT2D eigenvalue weighted by Crippen LogP contribution is -2.33. The zero-order chi connectivity index (χ0) is 15.5. The Hall–Kier alpha value is -1.15. The van der Waals surface area contributed by atoms with E-state index in [1.54, 1.807) is 0 Å². The summed E-state index contributed by atoms with van der Waals surface area (Å²) in [6.45, 7) is 1.94. The van der Waals surface area contributed by atoms with Gasteiger partial charge in [-0.1, -0.05) is 11.6 Å². The topological polar surface area (TPSA) is 98.5 Å². The van der Waals surface area contributed by atoms with Gasteiger partial charge in [-0.2, -0.15) is 0 Å². The molecule has 1 unspecified atom stereocenters. The third-order valence-electron chi connectivity index (χ3n) is 3.31. The maximum Gasteiger partial charge on any atom is 0.251 e. The largest absolute Gasteiger partial charge is 0.381 e. The second-order valence-corrected chi connectivity index (χ2v) is 6.92. The summed E-state index contributed by atoms with van der Waals surface area (Å²) in [5.41, 5.74) is 0.295. The molecule has 116 valence electrons. The van der Waals surface area contributed by atoms with Crippen LogP contribution < -0.4 is 10.5 Å². The van der Waals surface area contributed by atoms with E-state index in [0.29, 0.717) is 24.6 Å². The number of benzene rings is 1. The van der Waals surface area contributed by atoms with Crippen LogP contribution in [0.1, 0.15) is 23.2 Å². The fraction of sp³-hybridized carbons (Fsp3) is 0.462. The van der Waals surface area contributed by atoms with Gasteiger partial charge in [0, 0.05) is 18.7 Å². The first-order chi connectivity index (χ1) is 9.88. The van der Waals surface area contributed by atoms with Gasteiger partial charge in [0.05, 0.1) is 11.6 Å². The average Bonchev–Trinajstić information content (AvgIpc) is 2.44. The summed E-state index contributed by atoms with van der Waals surface area (Å²) in [6, 6.07) is 3.92. The molecule has 1 aliphatic heterocycles. The molecule has 1 amide bonds. The number of sulfonamides is 1. The Kier molecular flexibility index (Phi) is 5.21. The molecule has 2 rings (SSSR count). The van der Waals surface area contributed by atoms with Gasteiger partial charge in [-0.05, 0) is 37.0 Å². The van der Waals surface area contributed by atoms with Gasteiger partial charge in [-0.25, -0.2) is 13.6 Å². The summed E-state index contributed by atoms with van der Waals surface area (Å²) in [5, 5.41) is 7.75. The van der Waals surface area contributed by atoms with Crippen LogP contribution in [0.25, 0.3) is 0 Å². The average molecular weight is 333 g/mol. The third kappa shape index (κ3) is 4.41. The fourth-order valence-electron chi connectivity index (χ4n) is 2.18. The molecule has 0 saturated carbocycles. The number of carbonyl (C=O) groups is 1. The van der Waals surface area contributed by atoms with Crippen LogP contribution in [0, 0.1) is 5.92 Å². The van der Waals surface area contributed by atoms with E-state index in [0.717, 1.165) is 19.4 Å². The van der Waals surface area contributed by atoms with Crippen LogP contribution in [-0.2, 0) is 14.8 Å². The van der Waals surface area contributed by atoms with Crippen molar-refractivity contribution in [3.8, 4) is 0 Å². The summed E-state index contributed by atoms with van der Waals surface area (Å²) in [7, 11) is -3.89. The minimum Gasteiger partial charge on any atom is -0.381 e. The molecular weight excluding hydrogens is 316 g/mol. The molecule has 21 heavy (non-hydrogen) atoms. The number of hydrogen-bond acceptors (Lipinski definition) is 4. The van der Waals surface area contributed by atoms with Gasteiger partial charge in [0.1, 0.15) is 4.90 Å². The van der Waals surface area contributed by atoms with Crippen LogP contribution in [0.2, 0.25) is 5.02 Å². The second kappa shape index (κ2) is 6.74. The number of nitrogens with two attached hydrogens (primary N) is 1. The molecule has 3 N–H and O–H groups in total. The van der Waals surface area contributed by atoms with E-state index in [2.05, 4.69) is 5.32 Å². The zero-order valence-electron chi connectivity index (χ0n) is 11.3. The first-order valence-corrected chi connectivity index (χ1v) is 8.48. The number of amides is 1. The lowest BCUT2D eigenvalue weighted by atomic mass is 10.0. The zero-order valence-corrected chi connectivity index (χ0v) is 12.9. The van der Waals surface area contributed by atoms with Gasteiger partial charge in [0.15, 0.2) is 0 Å². The van der Waals surface area contributed by atoms with Gasteiger partial charge in [-0.3, -0.25) is 4.79 Å². The number of rotatable bonds is 4. The van der Waals surface area contributed by atoms with E-state index in [4.69, 9.17) is 21.5 Å². The second-order valence-electron chi connectivity index (χ2n) is 4.98. The third-order valence-corrected chi connectivity index (χ3v) is 4.70. The lowest BCUT2D eigenvalue weighted by Gasteiger charge is -2.22. The number of carbonyl (C=O) groups excluding carboxylic acids is 1. The number of primary sulfonamides is 1. The lowest BCUT2D eigenvalue weighted by molar-refractivity contribution is 0.0536. The molecule has 0 aromatic heterocycles. The quantitative estimate of drug-likeness (QED) is 0.863. The van der Waals surface area contributed by atoms with E-state index in [9.17, 15) is 13.2 Å². The molecular formula is C13H17ClN2O4S. The minimum absolute atomic E-state index is 0.0638. The van der Waals surface area contributed by atoms with Crippen LogP contribution in [0.4, 0.5) is 0 Å². The van der Waals surface area contributed by atoms with E-state index < -0.39 is 10.0 Å². The van der Waals surface area contributed by atoms with Gasteiger partial charge in [0.2, 0.25) is 10.0 Å². The van der Waals surface area contributed by atoms with Crippen molar-refractivity contribution in [3.05, 3.63) is 28.8 Å². The Labute approximate surface area is 128 Å². The van der Waals surface area contributed by atoms with Crippen molar-refractivity contribution in [1.29, 1.82) is 0 Å². The number of hydrogen-bond donors (Lipinski definition) is 2. The molecule has 1 saturated heterocycles. The molecule has 1 aromatic rings. The SMILES string of the molecule is NS(=O)(=O)c1ccc(C(=O)NCC2CCCOC2)cc1Cl. The molecule has 1 aromatic carbocycles. The molecule has 6 nitrogen and oxygen atoms in total. The smallest absolute Gasteiger partial charge is 0.251 e. The number of ether oxygens (including phenoxy) is 1. The van der Waals surface area contributed by atoms with Crippen molar-refractivity contribution in [3.63, 3.8) is 0 Å². The summed E-state index contributed by atoms with van der Waals surface area (Å²) in [5.74, 6) is 0.00491. The van der Waals surface area contributed by atoms with E-state index >= 15 is 0 Å². The highest BCUT2D eigenvalue weighted by molar-refractivity contribution is 7.89. The van der Waals surface area contributed by atoms with E-state index in [-0.39, 0.29) is 15.8 Å². The Morgan fingerprint density at radius 2 is 2.24 bits per heavy atom. The summed E-state index contributed by atoms with van der Waals surface area (Å²) in [4.78, 5) is 11.8. The Morgan fingerprint density at radius 1 is 1.48 bits per heavy atom. The van der Waals surface area contributed by atoms with Crippen LogP contribution >= 0.6 is 11.6 Å². The molecule has 1 aliphatic rings. The molecule has 0 radical (unpaired) electrons. The van der Waals surface area contributed by atoms with Gasteiger partial charge < -0.3 is 10.1 Å². The predicted molar refractivity (Wildman–Crippen MR) is 78.7 cm³/mol. The summed E-state index contributed by atoms with van der Waals surface area (Å²) < 4.78 is 27.8. The first-order valence-electron chi connectivity index (χ1n) is 6.56. The van der Waals surface area contributed by atoms with Crippen molar-refractivity contribution >= 4 is 27.5 Å². The molecule has 8 heteroatoms. The Balaban J connectivity index is 2.01. The molecule has 0 spiro atoms. The highest BCUT2D eigenvalue weighted by Gasteiger charge is 2.17. The highest BCUT2D eigenvalue weighted by atomic mass is 35.5. The van der Waals surface area contributed by atoms with Crippen LogP contribution in [0.3, 0.4) is 0 Å². The maximum atomic E-state index is 12.0. The number of halogens is 1. The van der Waals surface area contributed by atoms with Crippen molar-refractivity contribution in [1.82, 2.24) is 5.32 Å². The van der Waals surface area contributed by atoms with Gasteiger partial charge in [-0.15, -0.1) is 0 Å². The fourth-order valence-corrected chi connectivity index (χ4v) is 3.27. The van der Waals surface area contributed by atoms with Gasteiger partial charge >= 0.3 is 0 Å². The summed E-state index contributed by atoms with van der Waals surface area (Å²) in [6.07, 6.45) is 2.01. The van der Waals surface area contributed by atoms with Gasteiger partial charge in [0.25, 0.3) is 5.91 Å². The summed E-state index contributed by atoms with van der Waals surface area (Å²) >= 11 is 5.85. The van der Waals surface area contributed by atoms with Crippen molar-refractivity contribution in [2.24, 2.45) is 11.1 Å². The van der Waals surface area contributed by atoms with Crippen molar-refractivity contribution in [2.45, 2.75) is 17.7 Å². The van der Waals surface area contributed by atoms with Crippen molar-refractivity contribution < 1.29 is 17.9 Å². The Morgan fingerprint density at radius 3 is 2.81 bits per heavy atom. The first kappa shape index (κ1) is 16.2. The van der Waals surface area contributed by atoms with Crippen LogP contribution in [0.15, 0.2) is 23.1 Å². The highest BCUT2D eigenvalue weighted by Crippen LogP contribution is 2.21. The van der Waals surface area contributed by atoms with Crippen molar-refractivity contribution in [2.75, 3.05) is 19.8 Å². The standard InChI is InChI=1S/C13H17ClN2O4S/c14-11-6-10(3-4-12(11)21(15,18)19)13(17)16-7-9-2-1-5-20-8-9/h3-4,6,9H,1-2,5,7-8H2,(H,16,17)(H2,15,18,19). The Bertz CT molecular complexity index is 627.